The van der Waals surface area contributed by atoms with Crippen molar-refractivity contribution in [2.45, 2.75) is 24.3 Å². The monoisotopic (exact) mass is 371 g/mol. The van der Waals surface area contributed by atoms with Crippen LogP contribution in [0.1, 0.15) is 11.1 Å². The third kappa shape index (κ3) is 3.11. The molecule has 1 aliphatic rings. The third-order valence-corrected chi connectivity index (χ3v) is 5.30. The van der Waals surface area contributed by atoms with E-state index in [0.29, 0.717) is 23.5 Å². The summed E-state index contributed by atoms with van der Waals surface area (Å²) in [4.78, 5) is 4.21. The van der Waals surface area contributed by atoms with Gasteiger partial charge in [-0.1, -0.05) is 17.7 Å². The average Bonchev–Trinajstić information content (AvgIpc) is 2.60. The maximum atomic E-state index is 11.7. The number of nitrogens with zero attached hydrogens (tertiary/aromatic N) is 1. The molecule has 0 fully saturated rings. The molecule has 26 heavy (non-hydrogen) atoms. The van der Waals surface area contributed by atoms with Gasteiger partial charge < -0.3 is 9.47 Å². The van der Waals surface area contributed by atoms with Gasteiger partial charge >= 0.3 is 0 Å². The number of hydrogen-bond donors (Lipinski definition) is 1. The number of ether oxygens (including phenoxy) is 2. The number of aryl methyl sites for hydroxylation is 1. The largest absolute Gasteiger partial charge is 0.486 e. The molecule has 134 valence electrons. The minimum absolute atomic E-state index is 0.0999. The molecular weight excluding hydrogens is 354 g/mol. The van der Waals surface area contributed by atoms with E-state index in [1.807, 2.05) is 31.2 Å². The van der Waals surface area contributed by atoms with Gasteiger partial charge in [-0.15, -0.1) is 0 Å². The van der Waals surface area contributed by atoms with Crippen molar-refractivity contribution < 1.29 is 22.4 Å². The van der Waals surface area contributed by atoms with E-state index >= 15 is 0 Å². The fourth-order valence-corrected chi connectivity index (χ4v) is 3.90. The highest BCUT2D eigenvalue weighted by molar-refractivity contribution is 7.85. The molecule has 2 aromatic carbocycles. The van der Waals surface area contributed by atoms with Crippen molar-refractivity contribution in [3.05, 3.63) is 59.8 Å². The third-order valence-electron chi connectivity index (χ3n) is 4.35. The van der Waals surface area contributed by atoms with Gasteiger partial charge in [0.05, 0.1) is 10.4 Å². The van der Waals surface area contributed by atoms with Crippen LogP contribution in [0.5, 0.6) is 11.5 Å². The standard InChI is InChI=1S/C19H17NO5S/c1-12-4-7-18(26(21,22)23)13(9-12)10-14-11-24-17-6-5-16-15(19(17)25-14)3-2-8-20-16/h2-9,14H,10-11H2,1H3,(H,21,22,23)/t14-/m1/s1. The van der Waals surface area contributed by atoms with E-state index < -0.39 is 10.1 Å². The first-order valence-corrected chi connectivity index (χ1v) is 9.60. The zero-order valence-corrected chi connectivity index (χ0v) is 14.9. The molecule has 3 aromatic rings. The summed E-state index contributed by atoms with van der Waals surface area (Å²) >= 11 is 0. The second kappa shape index (κ2) is 6.26. The Balaban J connectivity index is 1.69. The van der Waals surface area contributed by atoms with Gasteiger partial charge in [0.15, 0.2) is 11.5 Å². The Morgan fingerprint density at radius 2 is 2.08 bits per heavy atom. The summed E-state index contributed by atoms with van der Waals surface area (Å²) in [5.41, 5.74) is 2.20. The molecule has 0 saturated heterocycles. The van der Waals surface area contributed by atoms with E-state index in [1.165, 1.54) is 6.07 Å². The Morgan fingerprint density at radius 1 is 1.23 bits per heavy atom. The molecule has 0 aliphatic carbocycles. The Morgan fingerprint density at radius 3 is 2.88 bits per heavy atom. The molecule has 6 nitrogen and oxygen atoms in total. The van der Waals surface area contributed by atoms with Crippen molar-refractivity contribution >= 4 is 21.0 Å². The molecule has 1 aromatic heterocycles. The summed E-state index contributed by atoms with van der Waals surface area (Å²) < 4.78 is 44.7. The first-order chi connectivity index (χ1) is 12.4. The minimum Gasteiger partial charge on any atom is -0.486 e. The Hall–Kier alpha value is -2.64. The van der Waals surface area contributed by atoms with Crippen LogP contribution in [0.15, 0.2) is 53.6 Å². The zero-order chi connectivity index (χ0) is 18.3. The highest BCUT2D eigenvalue weighted by Gasteiger charge is 2.26. The SMILES string of the molecule is Cc1ccc(S(=O)(=O)O)c(C[C@@H]2COc3ccc4ncccc4c3O2)c1. The highest BCUT2D eigenvalue weighted by Crippen LogP contribution is 2.38. The lowest BCUT2D eigenvalue weighted by atomic mass is 10.0. The summed E-state index contributed by atoms with van der Waals surface area (Å²) in [6.07, 6.45) is 1.63. The van der Waals surface area contributed by atoms with Crippen molar-refractivity contribution in [2.24, 2.45) is 0 Å². The molecule has 0 unspecified atom stereocenters. The van der Waals surface area contributed by atoms with Gasteiger partial charge in [-0.3, -0.25) is 9.54 Å². The number of aromatic nitrogens is 1. The van der Waals surface area contributed by atoms with Gasteiger partial charge in [0.2, 0.25) is 0 Å². The molecule has 1 N–H and O–H groups in total. The topological polar surface area (TPSA) is 85.7 Å². The minimum atomic E-state index is -4.30. The maximum Gasteiger partial charge on any atom is 0.294 e. The number of fused-ring (bicyclic) bond motifs is 3. The van der Waals surface area contributed by atoms with E-state index in [2.05, 4.69) is 4.98 Å². The van der Waals surface area contributed by atoms with Gasteiger partial charge in [-0.25, -0.2) is 0 Å². The number of rotatable bonds is 3. The Labute approximate surface area is 151 Å². The second-order valence-electron chi connectivity index (χ2n) is 6.30. The summed E-state index contributed by atoms with van der Waals surface area (Å²) in [6, 6.07) is 12.2. The maximum absolute atomic E-state index is 11.7. The molecule has 0 spiro atoms. The molecule has 1 aliphatic heterocycles. The molecule has 0 bridgehead atoms. The average molecular weight is 371 g/mol. The molecular formula is C19H17NO5S. The van der Waals surface area contributed by atoms with Crippen molar-refractivity contribution in [3.63, 3.8) is 0 Å². The summed E-state index contributed by atoms with van der Waals surface area (Å²) in [7, 11) is -4.30. The quantitative estimate of drug-likeness (QED) is 0.712. The fraction of sp³-hybridized carbons (Fsp3) is 0.211. The Bertz CT molecular complexity index is 1090. The predicted molar refractivity (Wildman–Crippen MR) is 96.4 cm³/mol. The van der Waals surface area contributed by atoms with Gasteiger partial charge in [0.1, 0.15) is 12.7 Å². The van der Waals surface area contributed by atoms with Gasteiger partial charge in [0, 0.05) is 18.0 Å². The first-order valence-electron chi connectivity index (χ1n) is 8.16. The zero-order valence-electron chi connectivity index (χ0n) is 14.0. The van der Waals surface area contributed by atoms with Crippen LogP contribution in [-0.4, -0.2) is 30.7 Å². The van der Waals surface area contributed by atoms with Crippen LogP contribution in [0.3, 0.4) is 0 Å². The van der Waals surface area contributed by atoms with E-state index in [-0.39, 0.29) is 17.6 Å². The molecule has 7 heteroatoms. The normalized spacial score (nSPS) is 16.6. The van der Waals surface area contributed by atoms with E-state index in [1.54, 1.807) is 18.3 Å². The number of benzene rings is 2. The molecule has 4 rings (SSSR count). The fourth-order valence-electron chi connectivity index (χ4n) is 3.19. The van der Waals surface area contributed by atoms with Crippen LogP contribution in [0.25, 0.3) is 10.9 Å². The first kappa shape index (κ1) is 16.8. The molecule has 0 saturated carbocycles. The summed E-state index contributed by atoms with van der Waals surface area (Å²) in [5.74, 6) is 1.24. The van der Waals surface area contributed by atoms with Crippen LogP contribution in [0.2, 0.25) is 0 Å². The lowest BCUT2D eigenvalue weighted by Crippen LogP contribution is -2.31. The number of hydrogen-bond acceptors (Lipinski definition) is 5. The van der Waals surface area contributed by atoms with E-state index in [4.69, 9.17) is 9.47 Å². The summed E-state index contributed by atoms with van der Waals surface area (Å²) in [6.45, 7) is 2.15. The van der Waals surface area contributed by atoms with Gasteiger partial charge in [0.25, 0.3) is 10.1 Å². The lowest BCUT2D eigenvalue weighted by Gasteiger charge is -2.28. The molecule has 1 atom stereocenters. The highest BCUT2D eigenvalue weighted by atomic mass is 32.2. The predicted octanol–water partition coefficient (Wildman–Crippen LogP) is 3.17. The van der Waals surface area contributed by atoms with Crippen LogP contribution in [0, 0.1) is 6.92 Å². The van der Waals surface area contributed by atoms with Crippen molar-refractivity contribution in [1.29, 1.82) is 0 Å². The lowest BCUT2D eigenvalue weighted by molar-refractivity contribution is 0.0929. The summed E-state index contributed by atoms with van der Waals surface area (Å²) in [5, 5.41) is 0.842. The molecule has 0 amide bonds. The molecule has 0 radical (unpaired) electrons. The van der Waals surface area contributed by atoms with E-state index in [0.717, 1.165) is 16.5 Å². The van der Waals surface area contributed by atoms with Crippen molar-refractivity contribution in [3.8, 4) is 11.5 Å². The molecule has 2 heterocycles. The van der Waals surface area contributed by atoms with Crippen LogP contribution >= 0.6 is 0 Å². The number of pyridine rings is 1. The van der Waals surface area contributed by atoms with Crippen molar-refractivity contribution in [2.75, 3.05) is 6.61 Å². The Kier molecular flexibility index (Phi) is 4.05. The second-order valence-corrected chi connectivity index (χ2v) is 7.69. The smallest absolute Gasteiger partial charge is 0.294 e. The van der Waals surface area contributed by atoms with Gasteiger partial charge in [-0.2, -0.15) is 8.42 Å². The van der Waals surface area contributed by atoms with Crippen LogP contribution < -0.4 is 9.47 Å². The van der Waals surface area contributed by atoms with Crippen LogP contribution in [0.4, 0.5) is 0 Å². The van der Waals surface area contributed by atoms with E-state index in [9.17, 15) is 13.0 Å². The van der Waals surface area contributed by atoms with Crippen LogP contribution in [-0.2, 0) is 16.5 Å². The van der Waals surface area contributed by atoms with Gasteiger partial charge in [-0.05, 0) is 42.8 Å². The van der Waals surface area contributed by atoms with Crippen molar-refractivity contribution in [1.82, 2.24) is 4.98 Å².